The maximum Gasteiger partial charge on any atom is 0.0680 e. The van der Waals surface area contributed by atoms with Crippen molar-refractivity contribution >= 4 is 0 Å². The Balaban J connectivity index is 2.27. The Labute approximate surface area is 100 Å². The van der Waals surface area contributed by atoms with Crippen LogP contribution in [0.1, 0.15) is 59.8 Å². The molecule has 1 fully saturated rings. The summed E-state index contributed by atoms with van der Waals surface area (Å²) in [7, 11) is 0. The average Bonchev–Trinajstić information content (AvgIpc) is 2.24. The SMILES string of the molecule is CCC1(CC)C(O)CC1OCCCC(C)C. The van der Waals surface area contributed by atoms with E-state index in [0.717, 1.165) is 38.2 Å². The van der Waals surface area contributed by atoms with Gasteiger partial charge in [-0.25, -0.2) is 0 Å². The van der Waals surface area contributed by atoms with Crippen LogP contribution >= 0.6 is 0 Å². The van der Waals surface area contributed by atoms with Crippen LogP contribution in [0.3, 0.4) is 0 Å². The second kappa shape index (κ2) is 6.02. The lowest BCUT2D eigenvalue weighted by Crippen LogP contribution is -2.57. The third kappa shape index (κ3) is 2.78. The monoisotopic (exact) mass is 228 g/mol. The first kappa shape index (κ1) is 14.0. The minimum Gasteiger partial charge on any atom is -0.392 e. The summed E-state index contributed by atoms with van der Waals surface area (Å²) in [6.07, 6.45) is 5.43. The highest BCUT2D eigenvalue weighted by molar-refractivity contribution is 5.02. The Kier molecular flexibility index (Phi) is 5.26. The smallest absolute Gasteiger partial charge is 0.0680 e. The van der Waals surface area contributed by atoms with Gasteiger partial charge in [0.1, 0.15) is 0 Å². The van der Waals surface area contributed by atoms with Gasteiger partial charge in [-0.3, -0.25) is 0 Å². The molecule has 0 amide bonds. The van der Waals surface area contributed by atoms with E-state index in [2.05, 4.69) is 27.7 Å². The molecular formula is C14H28O2. The molecule has 0 aliphatic heterocycles. The van der Waals surface area contributed by atoms with Gasteiger partial charge >= 0.3 is 0 Å². The van der Waals surface area contributed by atoms with E-state index in [1.165, 1.54) is 6.42 Å². The summed E-state index contributed by atoms with van der Waals surface area (Å²) in [5, 5.41) is 9.89. The van der Waals surface area contributed by atoms with Gasteiger partial charge in [0.25, 0.3) is 0 Å². The molecule has 1 rings (SSSR count). The molecule has 0 spiro atoms. The molecule has 16 heavy (non-hydrogen) atoms. The first-order valence-electron chi connectivity index (χ1n) is 6.86. The highest BCUT2D eigenvalue weighted by Gasteiger charge is 2.52. The lowest BCUT2D eigenvalue weighted by molar-refractivity contribution is -0.196. The van der Waals surface area contributed by atoms with E-state index in [1.807, 2.05) is 0 Å². The summed E-state index contributed by atoms with van der Waals surface area (Å²) >= 11 is 0. The molecule has 0 aromatic rings. The van der Waals surface area contributed by atoms with Crippen molar-refractivity contribution in [2.75, 3.05) is 6.61 Å². The van der Waals surface area contributed by atoms with Gasteiger partial charge in [0.2, 0.25) is 0 Å². The zero-order valence-corrected chi connectivity index (χ0v) is 11.3. The summed E-state index contributed by atoms with van der Waals surface area (Å²) in [4.78, 5) is 0. The molecule has 1 N–H and O–H groups in total. The van der Waals surface area contributed by atoms with Gasteiger partial charge in [0, 0.05) is 18.4 Å². The summed E-state index contributed by atoms with van der Waals surface area (Å²) in [6, 6.07) is 0. The van der Waals surface area contributed by atoms with Crippen LogP contribution in [-0.2, 0) is 4.74 Å². The van der Waals surface area contributed by atoms with Crippen LogP contribution in [0.2, 0.25) is 0 Å². The Morgan fingerprint density at radius 3 is 2.38 bits per heavy atom. The molecule has 0 heterocycles. The van der Waals surface area contributed by atoms with E-state index >= 15 is 0 Å². The number of hydrogen-bond acceptors (Lipinski definition) is 2. The third-order valence-electron chi connectivity index (χ3n) is 4.30. The maximum absolute atomic E-state index is 9.89. The molecular weight excluding hydrogens is 200 g/mol. The Morgan fingerprint density at radius 1 is 1.31 bits per heavy atom. The van der Waals surface area contributed by atoms with Crippen LogP contribution in [0.15, 0.2) is 0 Å². The van der Waals surface area contributed by atoms with Crippen LogP contribution in [0, 0.1) is 11.3 Å². The third-order valence-corrected chi connectivity index (χ3v) is 4.30. The van der Waals surface area contributed by atoms with E-state index < -0.39 is 0 Å². The minimum absolute atomic E-state index is 0.0534. The van der Waals surface area contributed by atoms with Gasteiger partial charge < -0.3 is 9.84 Å². The Bertz CT molecular complexity index is 197. The summed E-state index contributed by atoms with van der Waals surface area (Å²) < 4.78 is 5.94. The molecule has 1 aliphatic carbocycles. The number of ether oxygens (including phenoxy) is 1. The average molecular weight is 228 g/mol. The quantitative estimate of drug-likeness (QED) is 0.677. The summed E-state index contributed by atoms with van der Waals surface area (Å²) in [6.45, 7) is 9.68. The van der Waals surface area contributed by atoms with Crippen molar-refractivity contribution in [3.8, 4) is 0 Å². The van der Waals surface area contributed by atoms with Crippen LogP contribution in [0.25, 0.3) is 0 Å². The lowest BCUT2D eigenvalue weighted by atomic mass is 9.60. The standard InChI is InChI=1S/C14H28O2/c1-5-14(6-2)12(15)10-13(14)16-9-7-8-11(3)4/h11-13,15H,5-10H2,1-4H3. The highest BCUT2D eigenvalue weighted by atomic mass is 16.5. The van der Waals surface area contributed by atoms with E-state index in [4.69, 9.17) is 4.74 Å². The first-order chi connectivity index (χ1) is 7.56. The van der Waals surface area contributed by atoms with Crippen LogP contribution < -0.4 is 0 Å². The van der Waals surface area contributed by atoms with Crippen molar-refractivity contribution in [3.63, 3.8) is 0 Å². The second-order valence-electron chi connectivity index (χ2n) is 5.59. The van der Waals surface area contributed by atoms with Crippen molar-refractivity contribution in [1.29, 1.82) is 0 Å². The summed E-state index contributed by atoms with van der Waals surface area (Å²) in [5.74, 6) is 0.762. The molecule has 0 radical (unpaired) electrons. The van der Waals surface area contributed by atoms with Gasteiger partial charge in [-0.15, -0.1) is 0 Å². The number of hydrogen-bond donors (Lipinski definition) is 1. The fourth-order valence-corrected chi connectivity index (χ4v) is 2.85. The topological polar surface area (TPSA) is 29.5 Å². The van der Waals surface area contributed by atoms with Crippen LogP contribution in [0.5, 0.6) is 0 Å². The van der Waals surface area contributed by atoms with Gasteiger partial charge in [-0.2, -0.15) is 0 Å². The second-order valence-corrected chi connectivity index (χ2v) is 5.59. The largest absolute Gasteiger partial charge is 0.392 e. The Morgan fingerprint density at radius 2 is 1.94 bits per heavy atom. The number of aliphatic hydroxyl groups is 1. The molecule has 2 atom stereocenters. The normalized spacial score (nSPS) is 28.1. The van der Waals surface area contributed by atoms with Crippen LogP contribution in [0.4, 0.5) is 0 Å². The van der Waals surface area contributed by atoms with Gasteiger partial charge in [-0.1, -0.05) is 27.7 Å². The van der Waals surface area contributed by atoms with E-state index in [-0.39, 0.29) is 11.5 Å². The van der Waals surface area contributed by atoms with Gasteiger partial charge in [0.15, 0.2) is 0 Å². The molecule has 0 aromatic heterocycles. The predicted molar refractivity (Wildman–Crippen MR) is 67.5 cm³/mol. The molecule has 96 valence electrons. The zero-order valence-electron chi connectivity index (χ0n) is 11.3. The fourth-order valence-electron chi connectivity index (χ4n) is 2.85. The van der Waals surface area contributed by atoms with Crippen LogP contribution in [-0.4, -0.2) is 23.9 Å². The zero-order chi connectivity index (χ0) is 12.2. The molecule has 0 bridgehead atoms. The Hall–Kier alpha value is -0.0800. The van der Waals surface area contributed by atoms with E-state index in [9.17, 15) is 5.11 Å². The van der Waals surface area contributed by atoms with E-state index in [0.29, 0.717) is 6.10 Å². The van der Waals surface area contributed by atoms with Crippen molar-refractivity contribution in [1.82, 2.24) is 0 Å². The number of aliphatic hydroxyl groups excluding tert-OH is 1. The predicted octanol–water partition coefficient (Wildman–Crippen LogP) is 3.38. The van der Waals surface area contributed by atoms with E-state index in [1.54, 1.807) is 0 Å². The highest BCUT2D eigenvalue weighted by Crippen LogP contribution is 2.48. The maximum atomic E-state index is 9.89. The van der Waals surface area contributed by atoms with Crippen molar-refractivity contribution in [3.05, 3.63) is 0 Å². The van der Waals surface area contributed by atoms with Gasteiger partial charge in [0.05, 0.1) is 12.2 Å². The van der Waals surface area contributed by atoms with Crippen molar-refractivity contribution in [2.45, 2.75) is 72.0 Å². The fraction of sp³-hybridized carbons (Fsp3) is 1.00. The molecule has 0 saturated heterocycles. The molecule has 1 saturated carbocycles. The molecule has 2 heteroatoms. The summed E-state index contributed by atoms with van der Waals surface area (Å²) in [5.41, 5.74) is 0.0534. The van der Waals surface area contributed by atoms with Crippen molar-refractivity contribution in [2.24, 2.45) is 11.3 Å². The molecule has 0 aromatic carbocycles. The molecule has 2 nitrogen and oxygen atoms in total. The van der Waals surface area contributed by atoms with Crippen molar-refractivity contribution < 1.29 is 9.84 Å². The lowest BCUT2D eigenvalue weighted by Gasteiger charge is -2.52. The van der Waals surface area contributed by atoms with Gasteiger partial charge in [-0.05, 0) is 31.6 Å². The molecule has 2 unspecified atom stereocenters. The molecule has 1 aliphatic rings. The number of rotatable bonds is 7. The first-order valence-corrected chi connectivity index (χ1v) is 6.86. The minimum atomic E-state index is -0.141.